The van der Waals surface area contributed by atoms with Gasteiger partial charge in [-0.1, -0.05) is 19.9 Å². The van der Waals surface area contributed by atoms with Crippen LogP contribution >= 0.6 is 0 Å². The Labute approximate surface area is 125 Å². The molecule has 1 aromatic carbocycles. The predicted molar refractivity (Wildman–Crippen MR) is 81.7 cm³/mol. The van der Waals surface area contributed by atoms with E-state index in [1.54, 1.807) is 11.0 Å². The van der Waals surface area contributed by atoms with E-state index in [1.807, 2.05) is 6.92 Å². The Morgan fingerprint density at radius 2 is 1.86 bits per heavy atom. The third kappa shape index (κ3) is 3.74. The molecule has 0 bridgehead atoms. The molecule has 2 rings (SSSR count). The number of carboxylic acid groups (broad SMARTS) is 1. The lowest BCUT2D eigenvalue weighted by molar-refractivity contribution is 0.0697. The third-order valence-corrected chi connectivity index (χ3v) is 4.13. The largest absolute Gasteiger partial charge is 0.478 e. The summed E-state index contributed by atoms with van der Waals surface area (Å²) in [5, 5.41) is 11.8. The SMILES string of the molecule is Cc1ccc(C(=O)O)cc1NC(=O)N1CCC(C)(C)CC1. The van der Waals surface area contributed by atoms with E-state index in [0.29, 0.717) is 5.69 Å². The highest BCUT2D eigenvalue weighted by Gasteiger charge is 2.28. The molecule has 0 aromatic heterocycles. The fourth-order valence-corrected chi connectivity index (χ4v) is 2.40. The van der Waals surface area contributed by atoms with Gasteiger partial charge in [-0.25, -0.2) is 9.59 Å². The van der Waals surface area contributed by atoms with Crippen LogP contribution < -0.4 is 5.32 Å². The molecule has 1 fully saturated rings. The molecule has 0 spiro atoms. The second-order valence-electron chi connectivity index (χ2n) is 6.42. The molecule has 0 unspecified atom stereocenters. The Bertz CT molecular complexity index is 557. The molecule has 114 valence electrons. The van der Waals surface area contributed by atoms with Gasteiger partial charge in [0, 0.05) is 18.8 Å². The van der Waals surface area contributed by atoms with Crippen molar-refractivity contribution < 1.29 is 14.7 Å². The summed E-state index contributed by atoms with van der Waals surface area (Å²) in [5.74, 6) is -0.995. The molecular formula is C16H22N2O3. The van der Waals surface area contributed by atoms with E-state index in [9.17, 15) is 9.59 Å². The van der Waals surface area contributed by atoms with Gasteiger partial charge < -0.3 is 15.3 Å². The number of carbonyl (C=O) groups excluding carboxylic acids is 1. The topological polar surface area (TPSA) is 69.6 Å². The minimum absolute atomic E-state index is 0.156. The molecule has 1 aliphatic heterocycles. The van der Waals surface area contributed by atoms with Crippen molar-refractivity contribution in [1.29, 1.82) is 0 Å². The summed E-state index contributed by atoms with van der Waals surface area (Å²) in [6.45, 7) is 7.74. The number of aryl methyl sites for hydroxylation is 1. The first-order valence-electron chi connectivity index (χ1n) is 7.18. The van der Waals surface area contributed by atoms with E-state index in [4.69, 9.17) is 5.11 Å². The minimum Gasteiger partial charge on any atom is -0.478 e. The number of benzene rings is 1. The Morgan fingerprint density at radius 3 is 2.43 bits per heavy atom. The van der Waals surface area contributed by atoms with Crippen LogP contribution in [0.5, 0.6) is 0 Å². The number of carbonyl (C=O) groups is 2. The summed E-state index contributed by atoms with van der Waals surface area (Å²) in [6.07, 6.45) is 1.96. The molecular weight excluding hydrogens is 268 g/mol. The van der Waals surface area contributed by atoms with Crippen LogP contribution in [-0.2, 0) is 0 Å². The number of carboxylic acids is 1. The quantitative estimate of drug-likeness (QED) is 0.877. The van der Waals surface area contributed by atoms with Crippen LogP contribution in [0.2, 0.25) is 0 Å². The maximum absolute atomic E-state index is 12.3. The second kappa shape index (κ2) is 5.76. The fraction of sp³-hybridized carbons (Fsp3) is 0.500. The van der Waals surface area contributed by atoms with E-state index < -0.39 is 5.97 Å². The zero-order valence-electron chi connectivity index (χ0n) is 12.8. The van der Waals surface area contributed by atoms with Crippen LogP contribution in [0.4, 0.5) is 10.5 Å². The zero-order valence-corrected chi connectivity index (χ0v) is 12.8. The van der Waals surface area contributed by atoms with Crippen molar-refractivity contribution in [2.75, 3.05) is 18.4 Å². The Hall–Kier alpha value is -2.04. The first-order valence-corrected chi connectivity index (χ1v) is 7.18. The predicted octanol–water partition coefficient (Wildman–Crippen LogP) is 3.35. The molecule has 0 radical (unpaired) electrons. The average molecular weight is 290 g/mol. The Morgan fingerprint density at radius 1 is 1.24 bits per heavy atom. The molecule has 5 heteroatoms. The summed E-state index contributed by atoms with van der Waals surface area (Å²) in [5.41, 5.74) is 1.88. The van der Waals surface area contributed by atoms with Gasteiger partial charge in [-0.2, -0.15) is 0 Å². The van der Waals surface area contributed by atoms with Crippen molar-refractivity contribution in [2.24, 2.45) is 5.41 Å². The number of nitrogens with one attached hydrogen (secondary N) is 1. The van der Waals surface area contributed by atoms with Gasteiger partial charge in [0.2, 0.25) is 0 Å². The summed E-state index contributed by atoms with van der Waals surface area (Å²) >= 11 is 0. The number of urea groups is 1. The number of hydrogen-bond acceptors (Lipinski definition) is 2. The zero-order chi connectivity index (χ0) is 15.6. The first-order chi connectivity index (χ1) is 9.78. The van der Waals surface area contributed by atoms with E-state index in [0.717, 1.165) is 31.5 Å². The molecule has 1 heterocycles. The molecule has 2 amide bonds. The summed E-state index contributed by atoms with van der Waals surface area (Å²) in [6, 6.07) is 4.59. The lowest BCUT2D eigenvalue weighted by Gasteiger charge is -2.36. The molecule has 0 aliphatic carbocycles. The smallest absolute Gasteiger partial charge is 0.335 e. The standard InChI is InChI=1S/C16H22N2O3/c1-11-4-5-12(14(19)20)10-13(11)17-15(21)18-8-6-16(2,3)7-9-18/h4-5,10H,6-9H2,1-3H3,(H,17,21)(H,19,20). The molecule has 0 atom stereocenters. The van der Waals surface area contributed by atoms with Gasteiger partial charge >= 0.3 is 12.0 Å². The maximum Gasteiger partial charge on any atom is 0.335 e. The van der Waals surface area contributed by atoms with Crippen molar-refractivity contribution in [3.05, 3.63) is 29.3 Å². The van der Waals surface area contributed by atoms with Crippen LogP contribution in [0.25, 0.3) is 0 Å². The van der Waals surface area contributed by atoms with Crippen molar-refractivity contribution in [3.8, 4) is 0 Å². The lowest BCUT2D eigenvalue weighted by Crippen LogP contribution is -2.43. The first kappa shape index (κ1) is 15.4. The highest BCUT2D eigenvalue weighted by atomic mass is 16.4. The van der Waals surface area contributed by atoms with Gasteiger partial charge in [-0.05, 0) is 42.9 Å². The van der Waals surface area contributed by atoms with E-state index in [2.05, 4.69) is 19.2 Å². The van der Waals surface area contributed by atoms with Gasteiger partial charge in [0.25, 0.3) is 0 Å². The van der Waals surface area contributed by atoms with Crippen LogP contribution in [0.3, 0.4) is 0 Å². The highest BCUT2D eigenvalue weighted by molar-refractivity contribution is 5.94. The number of rotatable bonds is 2. The molecule has 1 aromatic rings. The normalized spacial score (nSPS) is 17.4. The Kier molecular flexibility index (Phi) is 4.21. The third-order valence-electron chi connectivity index (χ3n) is 4.13. The molecule has 1 saturated heterocycles. The minimum atomic E-state index is -0.995. The van der Waals surface area contributed by atoms with Gasteiger partial charge in [-0.3, -0.25) is 0 Å². The number of amides is 2. The van der Waals surface area contributed by atoms with Crippen LogP contribution in [0.1, 0.15) is 42.6 Å². The number of aromatic carboxylic acids is 1. The summed E-state index contributed by atoms with van der Waals surface area (Å²) < 4.78 is 0. The number of hydrogen-bond donors (Lipinski definition) is 2. The second-order valence-corrected chi connectivity index (χ2v) is 6.42. The summed E-state index contributed by atoms with van der Waals surface area (Å²) in [4.78, 5) is 25.1. The number of anilines is 1. The van der Waals surface area contributed by atoms with Crippen LogP contribution in [0.15, 0.2) is 18.2 Å². The maximum atomic E-state index is 12.3. The van der Waals surface area contributed by atoms with Crippen molar-refractivity contribution in [2.45, 2.75) is 33.6 Å². The van der Waals surface area contributed by atoms with Gasteiger partial charge in [0.05, 0.1) is 5.56 Å². The van der Waals surface area contributed by atoms with Crippen molar-refractivity contribution in [3.63, 3.8) is 0 Å². The molecule has 2 N–H and O–H groups in total. The van der Waals surface area contributed by atoms with Gasteiger partial charge in [0.15, 0.2) is 0 Å². The number of nitrogens with zero attached hydrogens (tertiary/aromatic N) is 1. The number of piperidine rings is 1. The van der Waals surface area contributed by atoms with E-state index >= 15 is 0 Å². The highest BCUT2D eigenvalue weighted by Crippen LogP contribution is 2.30. The summed E-state index contributed by atoms with van der Waals surface area (Å²) in [7, 11) is 0. The van der Waals surface area contributed by atoms with E-state index in [-0.39, 0.29) is 17.0 Å². The molecule has 5 nitrogen and oxygen atoms in total. The van der Waals surface area contributed by atoms with Gasteiger partial charge in [-0.15, -0.1) is 0 Å². The molecule has 0 saturated carbocycles. The van der Waals surface area contributed by atoms with Crippen molar-refractivity contribution >= 4 is 17.7 Å². The van der Waals surface area contributed by atoms with Gasteiger partial charge in [0.1, 0.15) is 0 Å². The van der Waals surface area contributed by atoms with Crippen LogP contribution in [0, 0.1) is 12.3 Å². The lowest BCUT2D eigenvalue weighted by atomic mass is 9.83. The molecule has 1 aliphatic rings. The Balaban J connectivity index is 2.06. The average Bonchev–Trinajstić information content (AvgIpc) is 2.40. The monoisotopic (exact) mass is 290 g/mol. The number of likely N-dealkylation sites (tertiary alicyclic amines) is 1. The van der Waals surface area contributed by atoms with Crippen LogP contribution in [-0.4, -0.2) is 35.1 Å². The fourth-order valence-electron chi connectivity index (χ4n) is 2.40. The van der Waals surface area contributed by atoms with Crippen molar-refractivity contribution in [1.82, 2.24) is 4.90 Å². The van der Waals surface area contributed by atoms with E-state index in [1.165, 1.54) is 12.1 Å². The molecule has 21 heavy (non-hydrogen) atoms.